The zero-order valence-electron chi connectivity index (χ0n) is 14.6. The molecule has 0 atom stereocenters. The maximum absolute atomic E-state index is 12.3. The third-order valence-corrected chi connectivity index (χ3v) is 5.53. The van der Waals surface area contributed by atoms with Crippen LogP contribution >= 0.6 is 0 Å². The van der Waals surface area contributed by atoms with Crippen molar-refractivity contribution in [2.24, 2.45) is 0 Å². The third kappa shape index (κ3) is 4.42. The van der Waals surface area contributed by atoms with E-state index >= 15 is 0 Å². The minimum Gasteiger partial charge on any atom is -0.492 e. The number of hydrogen-bond acceptors (Lipinski definition) is 5. The molecule has 0 aliphatic rings. The van der Waals surface area contributed by atoms with Crippen LogP contribution in [0.2, 0.25) is 0 Å². The van der Waals surface area contributed by atoms with Crippen LogP contribution in [-0.4, -0.2) is 26.5 Å². The average Bonchev–Trinajstić information content (AvgIpc) is 2.65. The maximum atomic E-state index is 12.3. The molecule has 3 rings (SSSR count). The van der Waals surface area contributed by atoms with Crippen LogP contribution in [0.4, 0.5) is 5.69 Å². The van der Waals surface area contributed by atoms with Crippen LogP contribution in [0.3, 0.4) is 0 Å². The number of nitro groups is 1. The lowest BCUT2D eigenvalue weighted by atomic mass is 10.1. The summed E-state index contributed by atoms with van der Waals surface area (Å²) in [4.78, 5) is 10.2. The van der Waals surface area contributed by atoms with Gasteiger partial charge in [0.05, 0.1) is 9.82 Å². The van der Waals surface area contributed by atoms with E-state index < -0.39 is 14.9 Å². The molecule has 1 N–H and O–H groups in total. The molecule has 0 heterocycles. The predicted octanol–water partition coefficient (Wildman–Crippen LogP) is 3.41. The molecular formula is C19H18N2O5S. The highest BCUT2D eigenvalue weighted by molar-refractivity contribution is 7.89. The molecule has 27 heavy (non-hydrogen) atoms. The molecule has 3 aromatic rings. The van der Waals surface area contributed by atoms with E-state index in [1.54, 1.807) is 6.92 Å². The van der Waals surface area contributed by atoms with Crippen molar-refractivity contribution in [2.45, 2.75) is 11.8 Å². The second kappa shape index (κ2) is 7.73. The smallest absolute Gasteiger partial charge is 0.273 e. The Hall–Kier alpha value is -2.97. The molecule has 0 aliphatic carbocycles. The van der Waals surface area contributed by atoms with Gasteiger partial charge in [-0.05, 0) is 35.9 Å². The van der Waals surface area contributed by atoms with Gasteiger partial charge in [-0.1, -0.05) is 36.4 Å². The Morgan fingerprint density at radius 1 is 1.04 bits per heavy atom. The van der Waals surface area contributed by atoms with E-state index in [4.69, 9.17) is 4.74 Å². The molecule has 0 bridgehead atoms. The molecule has 0 saturated carbocycles. The zero-order chi connectivity index (χ0) is 19.4. The fourth-order valence-electron chi connectivity index (χ4n) is 2.64. The monoisotopic (exact) mass is 386 g/mol. The van der Waals surface area contributed by atoms with Crippen molar-refractivity contribution in [3.63, 3.8) is 0 Å². The number of aryl methyl sites for hydroxylation is 1. The van der Waals surface area contributed by atoms with Crippen LogP contribution in [0.1, 0.15) is 5.56 Å². The molecule has 0 aliphatic heterocycles. The number of sulfonamides is 1. The topological polar surface area (TPSA) is 98.5 Å². The Balaban J connectivity index is 1.62. The number of hydrogen-bond donors (Lipinski definition) is 1. The lowest BCUT2D eigenvalue weighted by molar-refractivity contribution is -0.385. The van der Waals surface area contributed by atoms with Crippen molar-refractivity contribution in [1.29, 1.82) is 0 Å². The highest BCUT2D eigenvalue weighted by Gasteiger charge is 2.19. The Morgan fingerprint density at radius 3 is 2.52 bits per heavy atom. The van der Waals surface area contributed by atoms with Crippen molar-refractivity contribution in [3.05, 3.63) is 76.3 Å². The summed E-state index contributed by atoms with van der Waals surface area (Å²) < 4.78 is 32.6. The molecule has 3 aromatic carbocycles. The van der Waals surface area contributed by atoms with Crippen molar-refractivity contribution >= 4 is 26.5 Å². The number of nitrogens with zero attached hydrogens (tertiary/aromatic N) is 1. The van der Waals surface area contributed by atoms with Crippen molar-refractivity contribution in [1.82, 2.24) is 4.72 Å². The number of rotatable bonds is 7. The minimum absolute atomic E-state index is 0.0385. The summed E-state index contributed by atoms with van der Waals surface area (Å²) in [5, 5.41) is 13.1. The van der Waals surface area contributed by atoms with Crippen molar-refractivity contribution < 1.29 is 18.1 Å². The number of benzene rings is 3. The summed E-state index contributed by atoms with van der Waals surface area (Å²) in [7, 11) is -3.86. The number of nitrogens with one attached hydrogen (secondary N) is 1. The van der Waals surface area contributed by atoms with Crippen LogP contribution < -0.4 is 9.46 Å². The van der Waals surface area contributed by atoms with Gasteiger partial charge in [0.2, 0.25) is 10.0 Å². The Labute approximate surface area is 156 Å². The Morgan fingerprint density at radius 2 is 1.78 bits per heavy atom. The van der Waals surface area contributed by atoms with E-state index in [-0.39, 0.29) is 23.7 Å². The summed E-state index contributed by atoms with van der Waals surface area (Å²) in [6, 6.07) is 17.3. The van der Waals surface area contributed by atoms with E-state index in [0.29, 0.717) is 11.3 Å². The third-order valence-electron chi connectivity index (χ3n) is 4.07. The van der Waals surface area contributed by atoms with Gasteiger partial charge >= 0.3 is 0 Å². The second-order valence-electron chi connectivity index (χ2n) is 5.96. The predicted molar refractivity (Wildman–Crippen MR) is 102 cm³/mol. The fourth-order valence-corrected chi connectivity index (χ4v) is 3.67. The first-order valence-corrected chi connectivity index (χ1v) is 9.71. The Bertz CT molecular complexity index is 1100. The lowest BCUT2D eigenvalue weighted by Gasteiger charge is -2.10. The lowest BCUT2D eigenvalue weighted by Crippen LogP contribution is -2.28. The van der Waals surface area contributed by atoms with Gasteiger partial charge in [0.15, 0.2) is 0 Å². The summed E-state index contributed by atoms with van der Waals surface area (Å²) in [6.07, 6.45) is 0. The molecule has 0 fully saturated rings. The van der Waals surface area contributed by atoms with Gasteiger partial charge in [-0.25, -0.2) is 13.1 Å². The first-order chi connectivity index (χ1) is 12.9. The normalized spacial score (nSPS) is 11.4. The van der Waals surface area contributed by atoms with Gasteiger partial charge in [-0.15, -0.1) is 0 Å². The summed E-state index contributed by atoms with van der Waals surface area (Å²) >= 11 is 0. The second-order valence-corrected chi connectivity index (χ2v) is 7.73. The van der Waals surface area contributed by atoms with E-state index in [1.165, 1.54) is 12.1 Å². The molecule has 0 spiro atoms. The van der Waals surface area contributed by atoms with Gasteiger partial charge in [-0.3, -0.25) is 10.1 Å². The van der Waals surface area contributed by atoms with Gasteiger partial charge in [0, 0.05) is 18.2 Å². The summed E-state index contributed by atoms with van der Waals surface area (Å²) in [5.74, 6) is 0.638. The minimum atomic E-state index is -3.86. The molecule has 0 aromatic heterocycles. The number of nitro benzene ring substituents is 1. The maximum Gasteiger partial charge on any atom is 0.273 e. The van der Waals surface area contributed by atoms with Crippen LogP contribution in [-0.2, 0) is 10.0 Å². The molecule has 0 amide bonds. The van der Waals surface area contributed by atoms with E-state index in [2.05, 4.69) is 4.72 Å². The van der Waals surface area contributed by atoms with Crippen LogP contribution in [0.15, 0.2) is 65.6 Å². The van der Waals surface area contributed by atoms with Crippen molar-refractivity contribution in [3.8, 4) is 5.75 Å². The van der Waals surface area contributed by atoms with E-state index in [1.807, 2.05) is 42.5 Å². The van der Waals surface area contributed by atoms with Gasteiger partial charge < -0.3 is 4.74 Å². The highest BCUT2D eigenvalue weighted by atomic mass is 32.2. The van der Waals surface area contributed by atoms with E-state index in [0.717, 1.165) is 16.8 Å². The van der Waals surface area contributed by atoms with Crippen LogP contribution in [0, 0.1) is 17.0 Å². The zero-order valence-corrected chi connectivity index (χ0v) is 15.4. The van der Waals surface area contributed by atoms with Gasteiger partial charge in [-0.2, -0.15) is 0 Å². The SMILES string of the molecule is Cc1ccc(S(=O)(=O)NCCOc2ccc3ccccc3c2)cc1[N+](=O)[O-]. The van der Waals surface area contributed by atoms with Crippen LogP contribution in [0.25, 0.3) is 10.8 Å². The number of ether oxygens (including phenoxy) is 1. The first-order valence-electron chi connectivity index (χ1n) is 8.23. The summed E-state index contributed by atoms with van der Waals surface area (Å²) in [6.45, 7) is 1.72. The first kappa shape index (κ1) is 18.8. The van der Waals surface area contributed by atoms with E-state index in [9.17, 15) is 18.5 Å². The summed E-state index contributed by atoms with van der Waals surface area (Å²) in [5.41, 5.74) is 0.170. The molecule has 140 valence electrons. The largest absolute Gasteiger partial charge is 0.492 e. The van der Waals surface area contributed by atoms with Gasteiger partial charge in [0.1, 0.15) is 12.4 Å². The van der Waals surface area contributed by atoms with Crippen molar-refractivity contribution in [2.75, 3.05) is 13.2 Å². The molecule has 0 unspecified atom stereocenters. The molecule has 8 heteroatoms. The molecule has 0 radical (unpaired) electrons. The standard InChI is InChI=1S/C19H18N2O5S/c1-14-6-9-18(13-19(14)21(22)23)27(24,25)20-10-11-26-17-8-7-15-4-2-3-5-16(15)12-17/h2-9,12-13,20H,10-11H2,1H3. The Kier molecular flexibility index (Phi) is 5.38. The molecular weight excluding hydrogens is 368 g/mol. The number of fused-ring (bicyclic) bond motifs is 1. The fraction of sp³-hybridized carbons (Fsp3) is 0.158. The van der Waals surface area contributed by atoms with Crippen LogP contribution in [0.5, 0.6) is 5.75 Å². The molecule has 7 nitrogen and oxygen atoms in total. The highest BCUT2D eigenvalue weighted by Crippen LogP contribution is 2.22. The van der Waals surface area contributed by atoms with Gasteiger partial charge in [0.25, 0.3) is 5.69 Å². The quantitative estimate of drug-likeness (QED) is 0.381. The average molecular weight is 386 g/mol. The molecule has 0 saturated heterocycles.